The van der Waals surface area contributed by atoms with Gasteiger partial charge >= 0.3 is 6.09 Å². The van der Waals surface area contributed by atoms with Crippen LogP contribution in [0.5, 0.6) is 0 Å². The number of hydrogen-bond donors (Lipinski definition) is 1. The third kappa shape index (κ3) is 4.89. The van der Waals surface area contributed by atoms with Crippen molar-refractivity contribution in [3.8, 4) is 0 Å². The topological polar surface area (TPSA) is 63.7 Å². The summed E-state index contributed by atoms with van der Waals surface area (Å²) in [5.41, 5.74) is 0.582. The number of thiazole rings is 1. The fourth-order valence-electron chi connectivity index (χ4n) is 2.65. The highest BCUT2D eigenvalue weighted by molar-refractivity contribution is 7.11. The Bertz CT molecular complexity index is 553. The molecule has 130 valence electrons. The molecule has 1 amide bonds. The second-order valence-corrected chi connectivity index (χ2v) is 8.18. The zero-order valence-electron chi connectivity index (χ0n) is 14.8. The van der Waals surface area contributed by atoms with E-state index in [4.69, 9.17) is 9.47 Å². The van der Waals surface area contributed by atoms with E-state index >= 15 is 0 Å². The summed E-state index contributed by atoms with van der Waals surface area (Å²) in [7, 11) is 1.68. The monoisotopic (exact) mass is 341 g/mol. The van der Waals surface area contributed by atoms with Gasteiger partial charge in [-0.25, -0.2) is 9.78 Å². The Balaban J connectivity index is 1.94. The molecule has 2 rings (SSSR count). The van der Waals surface area contributed by atoms with E-state index in [2.05, 4.69) is 10.3 Å². The SMILES string of the molecule is CO[C@H]1CN(C(=O)OC(C)(C)C)CC1NCc1sc(C)nc1C. The number of methoxy groups -OCH3 is 1. The average Bonchev–Trinajstić information content (AvgIpc) is 2.97. The van der Waals surface area contributed by atoms with E-state index in [1.807, 2.05) is 34.6 Å². The molecular weight excluding hydrogens is 314 g/mol. The minimum absolute atomic E-state index is 0.0307. The van der Waals surface area contributed by atoms with Crippen LogP contribution in [0.15, 0.2) is 0 Å². The van der Waals surface area contributed by atoms with Gasteiger partial charge in [0.25, 0.3) is 0 Å². The largest absolute Gasteiger partial charge is 0.444 e. The van der Waals surface area contributed by atoms with Gasteiger partial charge < -0.3 is 19.7 Å². The minimum Gasteiger partial charge on any atom is -0.444 e. The molecule has 23 heavy (non-hydrogen) atoms. The Hall–Kier alpha value is -1.18. The molecule has 1 unspecified atom stereocenters. The fourth-order valence-corrected chi connectivity index (χ4v) is 3.53. The molecule has 1 saturated heterocycles. The van der Waals surface area contributed by atoms with Crippen molar-refractivity contribution >= 4 is 17.4 Å². The van der Waals surface area contributed by atoms with Gasteiger partial charge in [0.1, 0.15) is 5.60 Å². The Morgan fingerprint density at radius 2 is 2.09 bits per heavy atom. The number of rotatable bonds is 4. The maximum absolute atomic E-state index is 12.2. The van der Waals surface area contributed by atoms with Gasteiger partial charge in [0.05, 0.1) is 29.4 Å². The van der Waals surface area contributed by atoms with E-state index in [1.165, 1.54) is 4.88 Å². The zero-order valence-corrected chi connectivity index (χ0v) is 15.6. The smallest absolute Gasteiger partial charge is 0.410 e. The minimum atomic E-state index is -0.484. The van der Waals surface area contributed by atoms with Crippen molar-refractivity contribution in [3.05, 3.63) is 15.6 Å². The standard InChI is InChI=1S/C16H27N3O3S/c1-10-14(23-11(2)18-10)7-17-12-8-19(9-13(12)21-6)15(20)22-16(3,4)5/h12-13,17H,7-9H2,1-6H3/t12?,13-/m0/s1. The van der Waals surface area contributed by atoms with Gasteiger partial charge in [0.2, 0.25) is 0 Å². The molecule has 1 aromatic rings. The van der Waals surface area contributed by atoms with Crippen LogP contribution in [0, 0.1) is 13.8 Å². The Kier molecular flexibility index (Phi) is 5.65. The summed E-state index contributed by atoms with van der Waals surface area (Å²) in [5, 5.41) is 4.57. The Labute approximate surface area is 142 Å². The predicted octanol–water partition coefficient (Wildman–Crippen LogP) is 2.48. The lowest BCUT2D eigenvalue weighted by molar-refractivity contribution is 0.0252. The molecule has 1 aliphatic rings. The van der Waals surface area contributed by atoms with Crippen LogP contribution in [0.3, 0.4) is 0 Å². The second-order valence-electron chi connectivity index (χ2n) is 6.89. The molecule has 1 N–H and O–H groups in total. The van der Waals surface area contributed by atoms with E-state index in [-0.39, 0.29) is 18.2 Å². The van der Waals surface area contributed by atoms with Gasteiger partial charge in [0.15, 0.2) is 0 Å². The average molecular weight is 341 g/mol. The quantitative estimate of drug-likeness (QED) is 0.911. The summed E-state index contributed by atoms with van der Waals surface area (Å²) < 4.78 is 11.0. The normalized spacial score (nSPS) is 21.7. The molecule has 0 spiro atoms. The van der Waals surface area contributed by atoms with Crippen LogP contribution in [0.4, 0.5) is 4.79 Å². The van der Waals surface area contributed by atoms with Crippen LogP contribution in [-0.2, 0) is 16.0 Å². The third-order valence-corrected chi connectivity index (χ3v) is 4.82. The van der Waals surface area contributed by atoms with Gasteiger partial charge in [-0.1, -0.05) is 0 Å². The highest BCUT2D eigenvalue weighted by Crippen LogP contribution is 2.20. The molecule has 1 aromatic heterocycles. The number of nitrogens with zero attached hydrogens (tertiary/aromatic N) is 2. The van der Waals surface area contributed by atoms with E-state index in [9.17, 15) is 4.79 Å². The van der Waals surface area contributed by atoms with Crippen LogP contribution in [0.1, 0.15) is 36.3 Å². The number of carbonyl (C=O) groups is 1. The summed E-state index contributed by atoms with van der Waals surface area (Å²) >= 11 is 1.70. The second kappa shape index (κ2) is 7.15. The summed E-state index contributed by atoms with van der Waals surface area (Å²) in [5.74, 6) is 0. The molecule has 1 aliphatic heterocycles. The van der Waals surface area contributed by atoms with Crippen molar-refractivity contribution in [1.29, 1.82) is 0 Å². The van der Waals surface area contributed by atoms with Crippen molar-refractivity contribution in [2.24, 2.45) is 0 Å². The van der Waals surface area contributed by atoms with E-state index in [1.54, 1.807) is 23.3 Å². The van der Waals surface area contributed by atoms with Crippen molar-refractivity contribution in [2.75, 3.05) is 20.2 Å². The van der Waals surface area contributed by atoms with E-state index in [0.717, 1.165) is 17.2 Å². The molecule has 1 fully saturated rings. The molecule has 0 radical (unpaired) electrons. The molecular formula is C16H27N3O3S. The maximum Gasteiger partial charge on any atom is 0.410 e. The first-order chi connectivity index (χ1) is 10.7. The van der Waals surface area contributed by atoms with Crippen molar-refractivity contribution in [2.45, 2.75) is 58.9 Å². The lowest BCUT2D eigenvalue weighted by Crippen LogP contribution is -2.40. The van der Waals surface area contributed by atoms with Crippen LogP contribution >= 0.6 is 11.3 Å². The first kappa shape index (κ1) is 18.2. The van der Waals surface area contributed by atoms with E-state index < -0.39 is 5.60 Å². The van der Waals surface area contributed by atoms with Gasteiger partial charge in [-0.3, -0.25) is 0 Å². The lowest BCUT2D eigenvalue weighted by atomic mass is 10.2. The number of aromatic nitrogens is 1. The molecule has 2 heterocycles. The van der Waals surface area contributed by atoms with Gasteiger partial charge in [-0.2, -0.15) is 0 Å². The fraction of sp³-hybridized carbons (Fsp3) is 0.750. The molecule has 2 atom stereocenters. The summed E-state index contributed by atoms with van der Waals surface area (Å²) in [6.45, 7) is 11.5. The Morgan fingerprint density at radius 3 is 2.61 bits per heavy atom. The van der Waals surface area contributed by atoms with Gasteiger partial charge in [0, 0.05) is 25.1 Å². The van der Waals surface area contributed by atoms with Crippen molar-refractivity contribution in [3.63, 3.8) is 0 Å². The third-order valence-electron chi connectivity index (χ3n) is 3.75. The van der Waals surface area contributed by atoms with Crippen LogP contribution in [0.25, 0.3) is 0 Å². The van der Waals surface area contributed by atoms with Crippen molar-refractivity contribution in [1.82, 2.24) is 15.2 Å². The molecule has 6 nitrogen and oxygen atoms in total. The lowest BCUT2D eigenvalue weighted by Gasteiger charge is -2.24. The number of hydrogen-bond acceptors (Lipinski definition) is 6. The Morgan fingerprint density at radius 1 is 1.39 bits per heavy atom. The molecule has 7 heteroatoms. The summed E-state index contributed by atoms with van der Waals surface area (Å²) in [4.78, 5) is 19.6. The number of amides is 1. The number of nitrogens with one attached hydrogen (secondary N) is 1. The predicted molar refractivity (Wildman–Crippen MR) is 90.8 cm³/mol. The van der Waals surface area contributed by atoms with Crippen LogP contribution in [-0.4, -0.2) is 53.9 Å². The summed E-state index contributed by atoms with van der Waals surface area (Å²) in [6, 6.07) is 0.0920. The van der Waals surface area contributed by atoms with Crippen LogP contribution in [0.2, 0.25) is 0 Å². The zero-order chi connectivity index (χ0) is 17.2. The first-order valence-corrected chi connectivity index (χ1v) is 8.68. The molecule has 0 saturated carbocycles. The number of ether oxygens (including phenoxy) is 2. The van der Waals surface area contributed by atoms with Gasteiger partial charge in [-0.05, 0) is 34.6 Å². The molecule has 0 bridgehead atoms. The highest BCUT2D eigenvalue weighted by atomic mass is 32.1. The highest BCUT2D eigenvalue weighted by Gasteiger charge is 2.37. The first-order valence-electron chi connectivity index (χ1n) is 7.86. The molecule has 0 aromatic carbocycles. The molecule has 0 aliphatic carbocycles. The number of likely N-dealkylation sites (tertiary alicyclic amines) is 1. The van der Waals surface area contributed by atoms with E-state index in [0.29, 0.717) is 13.1 Å². The summed E-state index contributed by atoms with van der Waals surface area (Å²) in [6.07, 6.45) is -0.314. The number of aryl methyl sites for hydroxylation is 2. The van der Waals surface area contributed by atoms with Crippen LogP contribution < -0.4 is 5.32 Å². The number of carbonyl (C=O) groups excluding carboxylic acids is 1. The van der Waals surface area contributed by atoms with Crippen molar-refractivity contribution < 1.29 is 14.3 Å². The maximum atomic E-state index is 12.2. The van der Waals surface area contributed by atoms with Gasteiger partial charge in [-0.15, -0.1) is 11.3 Å².